The number of amides is 1. The molecule has 2 unspecified atom stereocenters. The van der Waals surface area contributed by atoms with Crippen molar-refractivity contribution in [1.82, 2.24) is 10.6 Å². The van der Waals surface area contributed by atoms with Crippen LogP contribution in [0, 0.1) is 5.92 Å². The zero-order valence-corrected chi connectivity index (χ0v) is 8.89. The highest BCUT2D eigenvalue weighted by Crippen LogP contribution is 2.40. The van der Waals surface area contributed by atoms with Gasteiger partial charge in [-0.3, -0.25) is 4.79 Å². The maximum Gasteiger partial charge on any atom is 0.244 e. The second kappa shape index (κ2) is 3.39. The third kappa shape index (κ3) is 1.57. The van der Waals surface area contributed by atoms with Crippen LogP contribution in [0.3, 0.4) is 0 Å². The zero-order valence-electron chi connectivity index (χ0n) is 8.89. The van der Waals surface area contributed by atoms with Gasteiger partial charge in [-0.1, -0.05) is 5.57 Å². The molecule has 1 heterocycles. The number of carbonyl (C=O) groups excluding carboxylic acids is 1. The molecular formula is C11H18N2O. The molecule has 2 fully saturated rings. The monoisotopic (exact) mass is 194 g/mol. The van der Waals surface area contributed by atoms with Crippen LogP contribution in [0.1, 0.15) is 26.7 Å². The van der Waals surface area contributed by atoms with Gasteiger partial charge in [0.1, 0.15) is 0 Å². The highest BCUT2D eigenvalue weighted by atomic mass is 16.1. The first kappa shape index (κ1) is 9.71. The molecule has 3 nitrogen and oxygen atoms in total. The average molecular weight is 194 g/mol. The Hall–Kier alpha value is -0.830. The van der Waals surface area contributed by atoms with Crippen molar-refractivity contribution in [1.29, 1.82) is 0 Å². The lowest BCUT2D eigenvalue weighted by atomic mass is 9.69. The lowest BCUT2D eigenvalue weighted by Crippen LogP contribution is -2.59. The van der Waals surface area contributed by atoms with E-state index in [-0.39, 0.29) is 11.4 Å². The number of allylic oxidation sites excluding steroid dienone is 1. The van der Waals surface area contributed by atoms with Crippen LogP contribution in [0.5, 0.6) is 0 Å². The predicted octanol–water partition coefficient (Wildman–Crippen LogP) is 0.821. The van der Waals surface area contributed by atoms with Gasteiger partial charge in [-0.25, -0.2) is 0 Å². The van der Waals surface area contributed by atoms with Gasteiger partial charge in [0.05, 0.1) is 5.54 Å². The number of rotatable bonds is 2. The van der Waals surface area contributed by atoms with Crippen molar-refractivity contribution in [3.63, 3.8) is 0 Å². The normalized spacial score (nSPS) is 34.3. The van der Waals surface area contributed by atoms with Crippen LogP contribution in [0.4, 0.5) is 0 Å². The van der Waals surface area contributed by atoms with Crippen LogP contribution in [-0.2, 0) is 4.79 Å². The minimum Gasteiger partial charge on any atom is -0.346 e. The summed E-state index contributed by atoms with van der Waals surface area (Å²) in [7, 11) is 0. The summed E-state index contributed by atoms with van der Waals surface area (Å²) in [5, 5.41) is 6.49. The van der Waals surface area contributed by atoms with Crippen LogP contribution in [0.2, 0.25) is 0 Å². The molecule has 2 aliphatic rings. The van der Waals surface area contributed by atoms with E-state index < -0.39 is 0 Å². The van der Waals surface area contributed by atoms with Crippen LogP contribution < -0.4 is 10.6 Å². The molecule has 1 aliphatic carbocycles. The summed E-state index contributed by atoms with van der Waals surface area (Å²) < 4.78 is 0. The smallest absolute Gasteiger partial charge is 0.244 e. The first-order valence-corrected chi connectivity index (χ1v) is 5.30. The Bertz CT molecular complexity index is 281. The Morgan fingerprint density at radius 1 is 1.57 bits per heavy atom. The van der Waals surface area contributed by atoms with E-state index in [4.69, 9.17) is 0 Å². The average Bonchev–Trinajstić information content (AvgIpc) is 2.30. The first-order chi connectivity index (χ1) is 6.62. The highest BCUT2D eigenvalue weighted by molar-refractivity contribution is 5.88. The van der Waals surface area contributed by atoms with E-state index in [0.717, 1.165) is 25.1 Å². The molecule has 0 spiro atoms. The largest absolute Gasteiger partial charge is 0.346 e. The quantitative estimate of drug-likeness (QED) is 0.639. The molecule has 0 aromatic heterocycles. The van der Waals surface area contributed by atoms with Gasteiger partial charge in [-0.15, -0.1) is 0 Å². The van der Waals surface area contributed by atoms with Gasteiger partial charge in [0.2, 0.25) is 5.91 Å². The maximum atomic E-state index is 11.6. The molecular weight excluding hydrogens is 176 g/mol. The number of hydrogen-bond donors (Lipinski definition) is 2. The van der Waals surface area contributed by atoms with Gasteiger partial charge in [0.25, 0.3) is 0 Å². The molecule has 78 valence electrons. The van der Waals surface area contributed by atoms with Crippen LogP contribution in [0.15, 0.2) is 11.6 Å². The minimum atomic E-state index is 0.0680. The van der Waals surface area contributed by atoms with E-state index in [0.29, 0.717) is 5.92 Å². The van der Waals surface area contributed by atoms with Crippen molar-refractivity contribution in [3.8, 4) is 0 Å². The van der Waals surface area contributed by atoms with Crippen molar-refractivity contribution < 1.29 is 4.79 Å². The second-order valence-corrected chi connectivity index (χ2v) is 4.73. The third-order valence-electron chi connectivity index (χ3n) is 3.34. The summed E-state index contributed by atoms with van der Waals surface area (Å²) in [4.78, 5) is 11.6. The van der Waals surface area contributed by atoms with Gasteiger partial charge in [-0.05, 0) is 32.6 Å². The number of carbonyl (C=O) groups is 1. The molecule has 2 rings (SSSR count). The molecule has 1 saturated heterocycles. The van der Waals surface area contributed by atoms with Crippen molar-refractivity contribution in [2.45, 2.75) is 32.2 Å². The number of hydrogen-bond acceptors (Lipinski definition) is 2. The van der Waals surface area contributed by atoms with E-state index in [1.54, 1.807) is 6.08 Å². The summed E-state index contributed by atoms with van der Waals surface area (Å²) in [5.41, 5.74) is 1.14. The Balaban J connectivity index is 1.97. The molecule has 1 aliphatic heterocycles. The van der Waals surface area contributed by atoms with Crippen LogP contribution in [0.25, 0.3) is 0 Å². The third-order valence-corrected chi connectivity index (χ3v) is 3.34. The van der Waals surface area contributed by atoms with Crippen LogP contribution >= 0.6 is 0 Å². The minimum absolute atomic E-state index is 0.0680. The summed E-state index contributed by atoms with van der Waals surface area (Å²) in [6, 6.07) is 0. The standard InChI is InChI=1S/C11H18N2O/c1-8(2)5-10(14)13-11-4-3-9(11)6-12-7-11/h5,9,12H,3-4,6-7H2,1-2H3,(H,13,14). The molecule has 0 aromatic carbocycles. The molecule has 0 bridgehead atoms. The van der Waals surface area contributed by atoms with E-state index >= 15 is 0 Å². The van der Waals surface area contributed by atoms with Gasteiger partial charge in [0, 0.05) is 19.2 Å². The lowest BCUT2D eigenvalue weighted by molar-refractivity contribution is -0.119. The van der Waals surface area contributed by atoms with Crippen molar-refractivity contribution in [2.75, 3.05) is 13.1 Å². The van der Waals surface area contributed by atoms with Gasteiger partial charge in [0.15, 0.2) is 0 Å². The SMILES string of the molecule is CC(C)=CC(=O)NC12CCC1CNC2. The fraction of sp³-hybridized carbons (Fsp3) is 0.727. The Morgan fingerprint density at radius 3 is 2.86 bits per heavy atom. The molecule has 14 heavy (non-hydrogen) atoms. The maximum absolute atomic E-state index is 11.6. The lowest BCUT2D eigenvalue weighted by Gasteiger charge is -2.44. The van der Waals surface area contributed by atoms with E-state index in [2.05, 4.69) is 10.6 Å². The summed E-state index contributed by atoms with van der Waals surface area (Å²) >= 11 is 0. The Morgan fingerprint density at radius 2 is 2.36 bits per heavy atom. The summed E-state index contributed by atoms with van der Waals surface area (Å²) in [6.07, 6.45) is 4.07. The molecule has 1 saturated carbocycles. The molecule has 0 radical (unpaired) electrons. The second-order valence-electron chi connectivity index (χ2n) is 4.73. The number of nitrogens with one attached hydrogen (secondary N) is 2. The first-order valence-electron chi connectivity index (χ1n) is 5.30. The van der Waals surface area contributed by atoms with E-state index in [9.17, 15) is 4.79 Å². The molecule has 2 N–H and O–H groups in total. The zero-order chi connectivity index (χ0) is 10.2. The van der Waals surface area contributed by atoms with Gasteiger partial charge < -0.3 is 10.6 Å². The molecule has 3 heteroatoms. The van der Waals surface area contributed by atoms with E-state index in [1.807, 2.05) is 13.8 Å². The van der Waals surface area contributed by atoms with Crippen LogP contribution in [-0.4, -0.2) is 24.5 Å². The van der Waals surface area contributed by atoms with Crippen molar-refractivity contribution in [2.24, 2.45) is 5.92 Å². The summed E-state index contributed by atoms with van der Waals surface area (Å²) in [5.74, 6) is 0.732. The molecule has 1 amide bonds. The fourth-order valence-corrected chi connectivity index (χ4v) is 2.45. The molecule has 2 atom stereocenters. The molecule has 0 aromatic rings. The number of fused-ring (bicyclic) bond motifs is 1. The Kier molecular flexibility index (Phi) is 2.35. The highest BCUT2D eigenvalue weighted by Gasteiger charge is 2.50. The predicted molar refractivity (Wildman–Crippen MR) is 55.9 cm³/mol. The fourth-order valence-electron chi connectivity index (χ4n) is 2.45. The summed E-state index contributed by atoms with van der Waals surface area (Å²) in [6.45, 7) is 5.90. The van der Waals surface area contributed by atoms with Crippen molar-refractivity contribution >= 4 is 5.91 Å². The Labute approximate surface area is 84.9 Å². The van der Waals surface area contributed by atoms with Crippen molar-refractivity contribution in [3.05, 3.63) is 11.6 Å². The topological polar surface area (TPSA) is 41.1 Å². The van der Waals surface area contributed by atoms with Gasteiger partial charge in [-0.2, -0.15) is 0 Å². The van der Waals surface area contributed by atoms with Gasteiger partial charge >= 0.3 is 0 Å². The van der Waals surface area contributed by atoms with E-state index in [1.165, 1.54) is 6.42 Å².